The first-order valence-electron chi connectivity index (χ1n) is 9.81. The van der Waals surface area contributed by atoms with Gasteiger partial charge >= 0.3 is 0 Å². The number of likely N-dealkylation sites (tertiary alicyclic amines) is 1. The van der Waals surface area contributed by atoms with Crippen LogP contribution in [0.1, 0.15) is 22.3 Å². The van der Waals surface area contributed by atoms with Crippen molar-refractivity contribution >= 4 is 23.0 Å². The van der Waals surface area contributed by atoms with Gasteiger partial charge in [-0.3, -0.25) is 14.7 Å². The van der Waals surface area contributed by atoms with E-state index >= 15 is 0 Å². The molecule has 1 aliphatic heterocycles. The quantitative estimate of drug-likeness (QED) is 0.563. The van der Waals surface area contributed by atoms with Gasteiger partial charge in [-0.2, -0.15) is 0 Å². The Morgan fingerprint density at radius 2 is 1.93 bits per heavy atom. The van der Waals surface area contributed by atoms with E-state index in [-0.39, 0.29) is 5.91 Å². The number of nitrogens with zero attached hydrogens (tertiary/aromatic N) is 2. The van der Waals surface area contributed by atoms with Crippen molar-refractivity contribution in [2.45, 2.75) is 19.0 Å². The second kappa shape index (κ2) is 8.75. The molecule has 6 heteroatoms. The van der Waals surface area contributed by atoms with Crippen molar-refractivity contribution in [2.24, 2.45) is 0 Å². The zero-order valence-electron chi connectivity index (χ0n) is 16.2. The van der Waals surface area contributed by atoms with Crippen LogP contribution in [-0.4, -0.2) is 34.9 Å². The van der Waals surface area contributed by atoms with E-state index in [2.05, 4.69) is 20.5 Å². The summed E-state index contributed by atoms with van der Waals surface area (Å²) in [5, 5.41) is 6.40. The minimum Gasteiger partial charge on any atom is -0.397 e. The standard InChI is InChI=1S/C23H25N5O/c24-21-5-1-2-6-22(21)27-23(29)18-9-7-17(8-10-18)15-28-13-11-20(16-28)26-19-4-3-12-25-14-19/h1-10,12,14,20,26H,11,13,15-16,24H2,(H,27,29). The number of hydrogen-bond donors (Lipinski definition) is 3. The third-order valence-corrected chi connectivity index (χ3v) is 5.14. The summed E-state index contributed by atoms with van der Waals surface area (Å²) in [5.74, 6) is -0.156. The molecule has 148 valence electrons. The van der Waals surface area contributed by atoms with Crippen molar-refractivity contribution in [3.63, 3.8) is 0 Å². The maximum absolute atomic E-state index is 12.4. The summed E-state index contributed by atoms with van der Waals surface area (Å²) in [6, 6.07) is 19.4. The summed E-state index contributed by atoms with van der Waals surface area (Å²) in [4.78, 5) is 19.0. The van der Waals surface area contributed by atoms with Crippen molar-refractivity contribution in [3.8, 4) is 0 Å². The molecule has 29 heavy (non-hydrogen) atoms. The van der Waals surface area contributed by atoms with E-state index in [0.29, 0.717) is 23.0 Å². The first-order chi connectivity index (χ1) is 14.2. The monoisotopic (exact) mass is 387 g/mol. The average Bonchev–Trinajstić information content (AvgIpc) is 3.17. The third-order valence-electron chi connectivity index (χ3n) is 5.14. The first-order valence-corrected chi connectivity index (χ1v) is 9.81. The second-order valence-electron chi connectivity index (χ2n) is 7.35. The van der Waals surface area contributed by atoms with Crippen LogP contribution in [0.5, 0.6) is 0 Å². The van der Waals surface area contributed by atoms with Crippen LogP contribution in [0, 0.1) is 0 Å². The van der Waals surface area contributed by atoms with E-state index in [1.165, 1.54) is 5.56 Å². The lowest BCUT2D eigenvalue weighted by Crippen LogP contribution is -2.26. The highest BCUT2D eigenvalue weighted by atomic mass is 16.1. The van der Waals surface area contributed by atoms with Crippen LogP contribution >= 0.6 is 0 Å². The van der Waals surface area contributed by atoms with Gasteiger partial charge in [0.15, 0.2) is 0 Å². The number of anilines is 3. The maximum atomic E-state index is 12.4. The van der Waals surface area contributed by atoms with Crippen molar-refractivity contribution in [3.05, 3.63) is 84.2 Å². The molecule has 4 rings (SSSR count). The number of carbonyl (C=O) groups excluding carboxylic acids is 1. The zero-order valence-corrected chi connectivity index (χ0v) is 16.2. The Bertz CT molecular complexity index is 959. The lowest BCUT2D eigenvalue weighted by atomic mass is 10.1. The molecule has 0 bridgehead atoms. The molecule has 1 amide bonds. The number of pyridine rings is 1. The summed E-state index contributed by atoms with van der Waals surface area (Å²) in [6.07, 6.45) is 4.74. The molecule has 2 aromatic carbocycles. The minimum absolute atomic E-state index is 0.156. The van der Waals surface area contributed by atoms with Crippen LogP contribution in [0.2, 0.25) is 0 Å². The molecule has 0 aliphatic carbocycles. The Morgan fingerprint density at radius 3 is 2.69 bits per heavy atom. The van der Waals surface area contributed by atoms with Gasteiger partial charge in [0, 0.05) is 43.6 Å². The molecule has 0 radical (unpaired) electrons. The van der Waals surface area contributed by atoms with Crippen LogP contribution in [0.15, 0.2) is 73.1 Å². The van der Waals surface area contributed by atoms with Gasteiger partial charge in [0.25, 0.3) is 5.91 Å². The first kappa shape index (κ1) is 19.0. The fourth-order valence-corrected chi connectivity index (χ4v) is 3.60. The van der Waals surface area contributed by atoms with Crippen LogP contribution < -0.4 is 16.4 Å². The number of carbonyl (C=O) groups is 1. The van der Waals surface area contributed by atoms with Gasteiger partial charge in [-0.15, -0.1) is 0 Å². The molecule has 2 heterocycles. The van der Waals surface area contributed by atoms with Gasteiger partial charge < -0.3 is 16.4 Å². The molecule has 1 fully saturated rings. The number of nitrogens with two attached hydrogens (primary N) is 1. The van der Waals surface area contributed by atoms with Crippen LogP contribution in [0.25, 0.3) is 0 Å². The molecule has 1 unspecified atom stereocenters. The predicted molar refractivity (Wildman–Crippen MR) is 117 cm³/mol. The number of amides is 1. The highest BCUT2D eigenvalue weighted by molar-refractivity contribution is 6.05. The number of hydrogen-bond acceptors (Lipinski definition) is 5. The molecular weight excluding hydrogens is 362 g/mol. The number of nitrogen functional groups attached to an aromatic ring is 1. The van der Waals surface area contributed by atoms with Gasteiger partial charge in [0.1, 0.15) is 0 Å². The van der Waals surface area contributed by atoms with Gasteiger partial charge in [-0.25, -0.2) is 0 Å². The highest BCUT2D eigenvalue weighted by Gasteiger charge is 2.22. The molecule has 1 aliphatic rings. The summed E-state index contributed by atoms with van der Waals surface area (Å²) in [7, 11) is 0. The smallest absolute Gasteiger partial charge is 0.255 e. The highest BCUT2D eigenvalue weighted by Crippen LogP contribution is 2.20. The zero-order chi connectivity index (χ0) is 20.1. The van der Waals surface area contributed by atoms with E-state index in [0.717, 1.165) is 31.7 Å². The average molecular weight is 387 g/mol. The summed E-state index contributed by atoms with van der Waals surface area (Å²) in [5.41, 5.74) is 9.96. The molecule has 1 aromatic heterocycles. The van der Waals surface area contributed by atoms with Crippen molar-refractivity contribution < 1.29 is 4.79 Å². The lowest BCUT2D eigenvalue weighted by Gasteiger charge is -2.17. The number of benzene rings is 2. The molecule has 6 nitrogen and oxygen atoms in total. The molecule has 4 N–H and O–H groups in total. The van der Waals surface area contributed by atoms with Gasteiger partial charge in [-0.1, -0.05) is 24.3 Å². The Hall–Kier alpha value is -3.38. The van der Waals surface area contributed by atoms with E-state index in [9.17, 15) is 4.79 Å². The fourth-order valence-electron chi connectivity index (χ4n) is 3.60. The summed E-state index contributed by atoms with van der Waals surface area (Å²) >= 11 is 0. The predicted octanol–water partition coefficient (Wildman–Crippen LogP) is 3.60. The van der Waals surface area contributed by atoms with Crippen molar-refractivity contribution in [2.75, 3.05) is 29.5 Å². The van der Waals surface area contributed by atoms with Crippen molar-refractivity contribution in [1.82, 2.24) is 9.88 Å². The molecule has 0 saturated carbocycles. The number of aromatic nitrogens is 1. The number of nitrogens with one attached hydrogen (secondary N) is 2. The molecule has 3 aromatic rings. The Kier molecular flexibility index (Phi) is 5.72. The van der Waals surface area contributed by atoms with Gasteiger partial charge in [-0.05, 0) is 48.4 Å². The molecular formula is C23H25N5O. The van der Waals surface area contributed by atoms with E-state index in [4.69, 9.17) is 5.73 Å². The van der Waals surface area contributed by atoms with E-state index in [1.807, 2.05) is 54.7 Å². The lowest BCUT2D eigenvalue weighted by molar-refractivity contribution is 0.102. The van der Waals surface area contributed by atoms with Gasteiger partial charge in [0.05, 0.1) is 17.1 Å². The Morgan fingerprint density at radius 1 is 1.10 bits per heavy atom. The third kappa shape index (κ3) is 4.92. The van der Waals surface area contributed by atoms with Crippen LogP contribution in [0.3, 0.4) is 0 Å². The fraction of sp³-hybridized carbons (Fsp3) is 0.217. The largest absolute Gasteiger partial charge is 0.397 e. The number of rotatable bonds is 6. The Balaban J connectivity index is 1.30. The normalized spacial score (nSPS) is 16.5. The topological polar surface area (TPSA) is 83.3 Å². The number of para-hydroxylation sites is 2. The van der Waals surface area contributed by atoms with Gasteiger partial charge in [0.2, 0.25) is 0 Å². The molecule has 0 spiro atoms. The minimum atomic E-state index is -0.156. The van der Waals surface area contributed by atoms with Crippen LogP contribution in [-0.2, 0) is 6.54 Å². The van der Waals surface area contributed by atoms with Crippen LogP contribution in [0.4, 0.5) is 17.1 Å². The molecule has 1 atom stereocenters. The summed E-state index contributed by atoms with van der Waals surface area (Å²) < 4.78 is 0. The Labute approximate surface area is 170 Å². The van der Waals surface area contributed by atoms with E-state index < -0.39 is 0 Å². The molecule has 1 saturated heterocycles. The summed E-state index contributed by atoms with van der Waals surface area (Å²) in [6.45, 7) is 2.91. The maximum Gasteiger partial charge on any atom is 0.255 e. The SMILES string of the molecule is Nc1ccccc1NC(=O)c1ccc(CN2CCC(Nc3cccnc3)C2)cc1. The van der Waals surface area contributed by atoms with Crippen molar-refractivity contribution in [1.29, 1.82) is 0 Å². The second-order valence-corrected chi connectivity index (χ2v) is 7.35. The van der Waals surface area contributed by atoms with E-state index in [1.54, 1.807) is 18.3 Å².